The van der Waals surface area contributed by atoms with E-state index in [1.54, 1.807) is 43.4 Å². The molecule has 0 saturated heterocycles. The van der Waals surface area contributed by atoms with Gasteiger partial charge in [-0.15, -0.1) is 0 Å². The lowest BCUT2D eigenvalue weighted by atomic mass is 9.96. The number of fused-ring (bicyclic) bond motifs is 5. The Morgan fingerprint density at radius 2 is 1.69 bits per heavy atom. The molecule has 3 aromatic rings. The maximum absolute atomic E-state index is 13.4. The fourth-order valence-corrected chi connectivity index (χ4v) is 3.81. The van der Waals surface area contributed by atoms with E-state index < -0.39 is 11.2 Å². The van der Waals surface area contributed by atoms with Crippen molar-refractivity contribution in [1.82, 2.24) is 0 Å². The first-order chi connectivity index (χ1) is 13.7. The average Bonchev–Trinajstić information content (AvgIpc) is 2.66. The molecular formula is C23H20O6. The van der Waals surface area contributed by atoms with Gasteiger partial charge in [0, 0.05) is 11.6 Å². The van der Waals surface area contributed by atoms with Crippen molar-refractivity contribution in [2.24, 2.45) is 0 Å². The molecule has 6 nitrogen and oxygen atoms in total. The molecule has 0 fully saturated rings. The van der Waals surface area contributed by atoms with Gasteiger partial charge in [-0.05, 0) is 51.1 Å². The molecule has 0 spiro atoms. The molecule has 0 amide bonds. The first-order valence-corrected chi connectivity index (χ1v) is 9.38. The molecule has 2 N–H and O–H groups in total. The van der Waals surface area contributed by atoms with Gasteiger partial charge in [0.1, 0.15) is 45.0 Å². The molecule has 2 aliphatic heterocycles. The summed E-state index contributed by atoms with van der Waals surface area (Å²) in [6.07, 6.45) is 7.05. The molecule has 0 saturated carbocycles. The predicted octanol–water partition coefficient (Wildman–Crippen LogP) is 3.99. The number of phenolic OH excluding ortho intramolecular Hbond substituents is 1. The first-order valence-electron chi connectivity index (χ1n) is 9.38. The highest BCUT2D eigenvalue weighted by molar-refractivity contribution is 6.00. The summed E-state index contributed by atoms with van der Waals surface area (Å²) in [4.78, 5) is 13.4. The summed E-state index contributed by atoms with van der Waals surface area (Å²) in [6.45, 7) is 5.38. The Morgan fingerprint density at radius 1 is 0.931 bits per heavy atom. The highest BCUT2D eigenvalue weighted by atomic mass is 16.5. The van der Waals surface area contributed by atoms with E-state index in [9.17, 15) is 15.0 Å². The SMILES string of the molecule is CC1(C)C=Cc2c(cc3oc4ccc5c(c4c(=O)c3c2O)C=CC(C)(CO)O5)O1. The van der Waals surface area contributed by atoms with Gasteiger partial charge in [-0.2, -0.15) is 0 Å². The highest BCUT2D eigenvalue weighted by Gasteiger charge is 2.30. The third-order valence-electron chi connectivity index (χ3n) is 5.39. The van der Waals surface area contributed by atoms with Crippen LogP contribution in [-0.4, -0.2) is 28.0 Å². The number of aromatic hydroxyl groups is 1. The molecule has 1 unspecified atom stereocenters. The number of benzene rings is 2. The minimum Gasteiger partial charge on any atom is -0.506 e. The molecule has 148 valence electrons. The summed E-state index contributed by atoms with van der Waals surface area (Å²) >= 11 is 0. The van der Waals surface area contributed by atoms with Crippen molar-refractivity contribution >= 4 is 34.1 Å². The lowest BCUT2D eigenvalue weighted by molar-refractivity contribution is 0.0642. The van der Waals surface area contributed by atoms with Gasteiger partial charge in [0.25, 0.3) is 0 Å². The monoisotopic (exact) mass is 392 g/mol. The predicted molar refractivity (Wildman–Crippen MR) is 111 cm³/mol. The van der Waals surface area contributed by atoms with Crippen molar-refractivity contribution < 1.29 is 24.1 Å². The fraction of sp³-hybridized carbons (Fsp3) is 0.261. The zero-order chi connectivity index (χ0) is 20.6. The first kappa shape index (κ1) is 17.8. The Balaban J connectivity index is 1.83. The summed E-state index contributed by atoms with van der Waals surface area (Å²) in [6, 6.07) is 5.02. The molecule has 0 aliphatic carbocycles. The maximum Gasteiger partial charge on any atom is 0.205 e. The average molecular weight is 392 g/mol. The van der Waals surface area contributed by atoms with E-state index >= 15 is 0 Å². The molecule has 0 radical (unpaired) electrons. The van der Waals surface area contributed by atoms with Crippen LogP contribution in [-0.2, 0) is 0 Å². The lowest BCUT2D eigenvalue weighted by Gasteiger charge is -2.30. The third-order valence-corrected chi connectivity index (χ3v) is 5.39. The van der Waals surface area contributed by atoms with Gasteiger partial charge in [0.05, 0.1) is 17.6 Å². The van der Waals surface area contributed by atoms with Crippen LogP contribution >= 0.6 is 0 Å². The van der Waals surface area contributed by atoms with Crippen LogP contribution in [0.25, 0.3) is 34.1 Å². The number of aliphatic hydroxyl groups excluding tert-OH is 1. The van der Waals surface area contributed by atoms with E-state index in [1.165, 1.54) is 0 Å². The van der Waals surface area contributed by atoms with Gasteiger partial charge in [-0.1, -0.05) is 6.08 Å². The zero-order valence-corrected chi connectivity index (χ0v) is 16.3. The number of phenols is 1. The van der Waals surface area contributed by atoms with Crippen LogP contribution in [0.2, 0.25) is 0 Å². The van der Waals surface area contributed by atoms with Crippen molar-refractivity contribution in [1.29, 1.82) is 0 Å². The second-order valence-electron chi connectivity index (χ2n) is 8.24. The second-order valence-corrected chi connectivity index (χ2v) is 8.24. The highest BCUT2D eigenvalue weighted by Crippen LogP contribution is 2.42. The van der Waals surface area contributed by atoms with Crippen molar-refractivity contribution in [2.45, 2.75) is 32.0 Å². The minimum absolute atomic E-state index is 0.0986. The van der Waals surface area contributed by atoms with Crippen molar-refractivity contribution in [3.8, 4) is 17.2 Å². The van der Waals surface area contributed by atoms with E-state index in [-0.39, 0.29) is 28.8 Å². The van der Waals surface area contributed by atoms with E-state index in [1.807, 2.05) is 19.9 Å². The van der Waals surface area contributed by atoms with Crippen molar-refractivity contribution in [3.63, 3.8) is 0 Å². The van der Waals surface area contributed by atoms with Gasteiger partial charge in [-0.3, -0.25) is 4.79 Å². The Hall–Kier alpha value is -3.25. The molecule has 2 aromatic carbocycles. The summed E-state index contributed by atoms with van der Waals surface area (Å²) in [7, 11) is 0. The number of hydrogen-bond donors (Lipinski definition) is 2. The molecule has 2 aliphatic rings. The second kappa shape index (κ2) is 5.64. The molecule has 29 heavy (non-hydrogen) atoms. The minimum atomic E-state index is -0.853. The van der Waals surface area contributed by atoms with Gasteiger partial charge in [0.2, 0.25) is 5.43 Å². The summed E-state index contributed by atoms with van der Waals surface area (Å²) in [5.41, 5.74) is -0.0733. The Kier molecular flexibility index (Phi) is 3.47. The molecule has 1 aromatic heterocycles. The number of aliphatic hydroxyl groups is 1. The van der Waals surface area contributed by atoms with Crippen LogP contribution in [0.1, 0.15) is 31.9 Å². The smallest absolute Gasteiger partial charge is 0.205 e. The molecule has 3 heterocycles. The van der Waals surface area contributed by atoms with Crippen LogP contribution in [0, 0.1) is 0 Å². The normalized spacial score (nSPS) is 21.5. The Labute approximate surface area is 166 Å². The molecule has 6 heteroatoms. The molecule has 0 bridgehead atoms. The van der Waals surface area contributed by atoms with Crippen LogP contribution in [0.5, 0.6) is 17.2 Å². The topological polar surface area (TPSA) is 89.1 Å². The van der Waals surface area contributed by atoms with Crippen LogP contribution < -0.4 is 14.9 Å². The Morgan fingerprint density at radius 3 is 2.45 bits per heavy atom. The van der Waals surface area contributed by atoms with E-state index in [4.69, 9.17) is 13.9 Å². The number of ether oxygens (including phenoxy) is 2. The van der Waals surface area contributed by atoms with Crippen LogP contribution in [0.4, 0.5) is 0 Å². The molecular weight excluding hydrogens is 372 g/mol. The van der Waals surface area contributed by atoms with E-state index in [2.05, 4.69) is 0 Å². The van der Waals surface area contributed by atoms with Gasteiger partial charge < -0.3 is 24.1 Å². The third kappa shape index (κ3) is 2.56. The summed E-state index contributed by atoms with van der Waals surface area (Å²) < 4.78 is 17.8. The quantitative estimate of drug-likeness (QED) is 0.609. The molecule has 1 atom stereocenters. The largest absolute Gasteiger partial charge is 0.506 e. The molecule has 5 rings (SSSR count). The van der Waals surface area contributed by atoms with Crippen molar-refractivity contribution in [3.05, 3.63) is 51.7 Å². The summed E-state index contributed by atoms with van der Waals surface area (Å²) in [5.74, 6) is 0.772. The number of hydrogen-bond acceptors (Lipinski definition) is 6. The fourth-order valence-electron chi connectivity index (χ4n) is 3.81. The summed E-state index contributed by atoms with van der Waals surface area (Å²) in [5, 5.41) is 20.8. The van der Waals surface area contributed by atoms with Gasteiger partial charge >= 0.3 is 0 Å². The number of rotatable bonds is 1. The van der Waals surface area contributed by atoms with Gasteiger partial charge in [-0.25, -0.2) is 0 Å². The zero-order valence-electron chi connectivity index (χ0n) is 16.3. The van der Waals surface area contributed by atoms with E-state index in [0.717, 1.165) is 0 Å². The van der Waals surface area contributed by atoms with Crippen LogP contribution in [0.15, 0.2) is 39.6 Å². The van der Waals surface area contributed by atoms with Gasteiger partial charge in [0.15, 0.2) is 0 Å². The van der Waals surface area contributed by atoms with E-state index in [0.29, 0.717) is 33.6 Å². The van der Waals surface area contributed by atoms with Crippen molar-refractivity contribution in [2.75, 3.05) is 6.61 Å². The lowest BCUT2D eigenvalue weighted by Crippen LogP contribution is -2.36. The van der Waals surface area contributed by atoms with Crippen LogP contribution in [0.3, 0.4) is 0 Å². The maximum atomic E-state index is 13.4. The standard InChI is InChI=1S/C23H20O6/c1-22(2)8-6-13-16(28-22)10-17-19(20(13)25)21(26)18-12-7-9-23(3,11-24)29-14(12)4-5-15(18)27-17/h4-10,24-25H,11H2,1-3H3. The Bertz CT molecular complexity index is 1310.